The third-order valence-corrected chi connectivity index (χ3v) is 6.96. The van der Waals surface area contributed by atoms with Crippen LogP contribution in [0.1, 0.15) is 57.1 Å². The van der Waals surface area contributed by atoms with E-state index in [2.05, 4.69) is 28.7 Å². The van der Waals surface area contributed by atoms with Crippen molar-refractivity contribution in [2.45, 2.75) is 58.9 Å². The zero-order chi connectivity index (χ0) is 25.3. The van der Waals surface area contributed by atoms with Gasteiger partial charge >= 0.3 is 7.82 Å². The fourth-order valence-electron chi connectivity index (χ4n) is 4.41. The van der Waals surface area contributed by atoms with Crippen molar-refractivity contribution in [3.05, 3.63) is 65.6 Å². The molecule has 0 amide bonds. The van der Waals surface area contributed by atoms with E-state index in [-0.39, 0.29) is 19.0 Å². The quantitative estimate of drug-likeness (QED) is 0.175. The summed E-state index contributed by atoms with van der Waals surface area (Å²) in [5, 5.41) is 4.04. The average molecular weight is 503 g/mol. The maximum Gasteiger partial charge on any atom is 0.469 e. The van der Waals surface area contributed by atoms with Crippen LogP contribution in [0, 0.1) is 11.7 Å². The van der Waals surface area contributed by atoms with Crippen molar-refractivity contribution in [2.75, 3.05) is 13.2 Å². The van der Waals surface area contributed by atoms with Gasteiger partial charge in [-0.25, -0.2) is 8.96 Å². The smallest absolute Gasteiger partial charge is 0.310 e. The summed E-state index contributed by atoms with van der Waals surface area (Å²) in [4.78, 5) is 22.1. The van der Waals surface area contributed by atoms with Gasteiger partial charge in [-0.15, -0.1) is 0 Å². The maximum absolute atomic E-state index is 15.1. The average Bonchev–Trinajstić information content (AvgIpc) is 2.84. The van der Waals surface area contributed by atoms with Gasteiger partial charge in [0.1, 0.15) is 5.82 Å². The number of pyridine rings is 1. The van der Waals surface area contributed by atoms with Crippen LogP contribution in [0.4, 0.5) is 4.39 Å². The molecule has 0 radical (unpaired) electrons. The fraction of sp³-hybridized carbons (Fsp3) is 0.444. The fourth-order valence-corrected chi connectivity index (χ4v) is 4.74. The highest BCUT2D eigenvalue weighted by molar-refractivity contribution is 7.46. The Morgan fingerprint density at radius 1 is 1.11 bits per heavy atom. The minimum absolute atomic E-state index is 0.100. The van der Waals surface area contributed by atoms with Gasteiger partial charge in [-0.1, -0.05) is 69.9 Å². The van der Waals surface area contributed by atoms with Crippen molar-refractivity contribution < 1.29 is 23.3 Å². The van der Waals surface area contributed by atoms with Crippen molar-refractivity contribution in [1.82, 2.24) is 10.3 Å². The van der Waals surface area contributed by atoms with Gasteiger partial charge in [0.15, 0.2) is 0 Å². The predicted octanol–water partition coefficient (Wildman–Crippen LogP) is 6.39. The molecular formula is C27H36FN2O4P. The molecule has 0 saturated carbocycles. The first kappa shape index (κ1) is 27.4. The van der Waals surface area contributed by atoms with Gasteiger partial charge in [-0.3, -0.25) is 9.51 Å². The Morgan fingerprint density at radius 3 is 2.63 bits per heavy atom. The number of hydrogen-bond donors (Lipinski definition) is 3. The molecule has 1 atom stereocenters. The molecule has 6 nitrogen and oxygen atoms in total. The Hall–Kier alpha value is -2.15. The minimum atomic E-state index is -4.46. The zero-order valence-electron chi connectivity index (χ0n) is 20.5. The number of nitrogens with zero attached hydrogens (tertiary/aromatic N) is 1. The molecule has 1 heterocycles. The van der Waals surface area contributed by atoms with Gasteiger partial charge in [-0.2, -0.15) is 0 Å². The molecule has 1 aromatic heterocycles. The van der Waals surface area contributed by atoms with Gasteiger partial charge in [0.05, 0.1) is 12.1 Å². The summed E-state index contributed by atoms with van der Waals surface area (Å²) < 4.78 is 30.3. The van der Waals surface area contributed by atoms with E-state index in [0.29, 0.717) is 12.5 Å². The van der Waals surface area contributed by atoms with Gasteiger partial charge < -0.3 is 15.1 Å². The van der Waals surface area contributed by atoms with Crippen LogP contribution in [-0.2, 0) is 22.1 Å². The van der Waals surface area contributed by atoms with Gasteiger partial charge in [0.2, 0.25) is 0 Å². The molecule has 190 valence electrons. The number of unbranched alkanes of at least 4 members (excludes halogenated alkanes) is 1. The lowest BCUT2D eigenvalue weighted by molar-refractivity contribution is 0.197. The summed E-state index contributed by atoms with van der Waals surface area (Å²) >= 11 is 0. The second-order valence-corrected chi connectivity index (χ2v) is 10.2. The Kier molecular flexibility index (Phi) is 10.4. The number of phosphoric ester groups is 1. The first-order valence-electron chi connectivity index (χ1n) is 12.4. The van der Waals surface area contributed by atoms with Crippen LogP contribution in [0.25, 0.3) is 22.0 Å². The second kappa shape index (κ2) is 13.2. The Bertz CT molecular complexity index is 1150. The van der Waals surface area contributed by atoms with Gasteiger partial charge in [0, 0.05) is 24.7 Å². The van der Waals surface area contributed by atoms with Crippen molar-refractivity contribution in [2.24, 2.45) is 5.92 Å². The third kappa shape index (κ3) is 8.19. The molecule has 0 aliphatic heterocycles. The number of aryl methyl sites for hydroxylation is 1. The predicted molar refractivity (Wildman–Crippen MR) is 138 cm³/mol. The van der Waals surface area contributed by atoms with Crippen LogP contribution in [0.2, 0.25) is 0 Å². The number of nitrogens with one attached hydrogen (secondary N) is 1. The van der Waals surface area contributed by atoms with Crippen molar-refractivity contribution in [3.8, 4) is 11.1 Å². The van der Waals surface area contributed by atoms with Crippen LogP contribution in [0.5, 0.6) is 0 Å². The maximum atomic E-state index is 15.1. The lowest BCUT2D eigenvalue weighted by atomic mass is 9.91. The second-order valence-electron chi connectivity index (χ2n) is 8.93. The molecule has 2 aromatic carbocycles. The summed E-state index contributed by atoms with van der Waals surface area (Å²) in [7, 11) is -4.46. The molecule has 0 aliphatic carbocycles. The number of halogens is 1. The highest BCUT2D eigenvalue weighted by Gasteiger charge is 2.14. The van der Waals surface area contributed by atoms with Crippen LogP contribution < -0.4 is 5.32 Å². The van der Waals surface area contributed by atoms with Crippen molar-refractivity contribution in [1.29, 1.82) is 0 Å². The number of aromatic nitrogens is 1. The molecule has 0 aliphatic rings. The summed E-state index contributed by atoms with van der Waals surface area (Å²) in [5.41, 5.74) is 4.25. The van der Waals surface area contributed by atoms with E-state index in [4.69, 9.17) is 9.79 Å². The monoisotopic (exact) mass is 502 g/mol. The van der Waals surface area contributed by atoms with Crippen LogP contribution in [0.3, 0.4) is 0 Å². The number of hydrogen-bond acceptors (Lipinski definition) is 4. The molecule has 3 N–H and O–H groups in total. The van der Waals surface area contributed by atoms with E-state index in [1.54, 1.807) is 12.3 Å². The van der Waals surface area contributed by atoms with Crippen LogP contribution in [-0.4, -0.2) is 27.9 Å². The number of phosphoric acid groups is 1. The zero-order valence-corrected chi connectivity index (χ0v) is 21.4. The summed E-state index contributed by atoms with van der Waals surface area (Å²) in [6.07, 6.45) is 8.27. The van der Waals surface area contributed by atoms with Crippen molar-refractivity contribution in [3.63, 3.8) is 0 Å². The molecule has 0 fully saturated rings. The normalized spacial score (nSPS) is 12.8. The molecule has 35 heavy (non-hydrogen) atoms. The molecular weight excluding hydrogens is 466 g/mol. The first-order chi connectivity index (χ1) is 16.8. The molecule has 1 unspecified atom stereocenters. The van der Waals surface area contributed by atoms with E-state index in [9.17, 15) is 4.57 Å². The van der Waals surface area contributed by atoms with Crippen LogP contribution >= 0.6 is 7.82 Å². The van der Waals surface area contributed by atoms with Gasteiger partial charge in [0.25, 0.3) is 0 Å². The molecule has 0 saturated heterocycles. The van der Waals surface area contributed by atoms with E-state index >= 15 is 4.39 Å². The van der Waals surface area contributed by atoms with E-state index in [1.165, 1.54) is 19.3 Å². The Morgan fingerprint density at radius 2 is 1.91 bits per heavy atom. The topological polar surface area (TPSA) is 91.7 Å². The molecule has 3 rings (SSSR count). The van der Waals surface area contributed by atoms with Crippen molar-refractivity contribution >= 4 is 18.7 Å². The highest BCUT2D eigenvalue weighted by atomic mass is 31.2. The minimum Gasteiger partial charge on any atom is -0.310 e. The molecule has 8 heteroatoms. The summed E-state index contributed by atoms with van der Waals surface area (Å²) in [6, 6.07) is 13.3. The van der Waals surface area contributed by atoms with E-state index < -0.39 is 7.82 Å². The van der Waals surface area contributed by atoms with E-state index in [1.807, 2.05) is 36.4 Å². The van der Waals surface area contributed by atoms with E-state index in [0.717, 1.165) is 52.4 Å². The molecule has 3 aromatic rings. The lowest BCUT2D eigenvalue weighted by Crippen LogP contribution is -2.19. The number of benzene rings is 2. The van der Waals surface area contributed by atoms with Gasteiger partial charge in [-0.05, 0) is 53.1 Å². The first-order valence-corrected chi connectivity index (χ1v) is 13.9. The molecule has 0 spiro atoms. The van der Waals surface area contributed by atoms with Crippen LogP contribution in [0.15, 0.2) is 48.7 Å². The number of fused-ring (bicyclic) bond motifs is 1. The lowest BCUT2D eigenvalue weighted by Gasteiger charge is -2.15. The SMILES string of the molecule is CCCCC(CC)CCc1ccc(-c2ccc(CNCCOP(=O)(O)O)c3ncccc23)cc1F. The largest absolute Gasteiger partial charge is 0.469 e. The highest BCUT2D eigenvalue weighted by Crippen LogP contribution is 2.35. The molecule has 0 bridgehead atoms. The summed E-state index contributed by atoms with van der Waals surface area (Å²) in [5.74, 6) is 0.481. The Labute approximate surface area is 207 Å². The summed E-state index contributed by atoms with van der Waals surface area (Å²) in [6.45, 7) is 5.07. The standard InChI is InChI=1S/C27H36FN2O4P/c1-3-5-7-20(4-2)9-10-21-11-12-22(18-26(21)28)24-14-13-23(27-25(24)8-6-15-30-27)19-29-16-17-34-35(31,32)33/h6,8,11-15,18,20,29H,3-5,7,9-10,16-17,19H2,1-2H3,(H2,31,32,33). The Balaban J connectivity index is 1.73. The number of rotatable bonds is 14. The third-order valence-electron chi connectivity index (χ3n) is 6.44.